The van der Waals surface area contributed by atoms with Crippen molar-refractivity contribution in [3.8, 4) is 0 Å². The topological polar surface area (TPSA) is 78.9 Å². The van der Waals surface area contributed by atoms with Crippen molar-refractivity contribution in [1.82, 2.24) is 0 Å². The van der Waals surface area contributed by atoms with E-state index in [9.17, 15) is 14.4 Å². The van der Waals surface area contributed by atoms with E-state index < -0.39 is 6.10 Å². The number of esters is 3. The number of rotatable bonds is 57. The van der Waals surface area contributed by atoms with E-state index in [2.05, 4.69) is 57.2 Å². The molecule has 0 radical (unpaired) electrons. The average Bonchev–Trinajstić information content (AvgIpc) is 3.36. The van der Waals surface area contributed by atoms with Crippen molar-refractivity contribution in [3.05, 3.63) is 36.5 Å². The summed E-state index contributed by atoms with van der Waals surface area (Å²) in [6.07, 6.45) is 71.4. The lowest BCUT2D eigenvalue weighted by atomic mass is 10.0. The standard InChI is InChI=1S/C64H118O6/c1-4-7-10-13-16-19-22-25-27-28-29-30-31-32-33-34-35-36-37-40-42-45-48-51-54-57-63(66)69-60-61(59-68-62(65)56-53-50-47-44-41-38-24-21-18-15-12-9-6-3)70-64(67)58-55-52-49-46-43-39-26-23-20-17-14-11-8-5-2/h22,25,28-29,31-32,61H,4-21,23-24,26-27,30,33-60H2,1-3H3/b25-22-,29-28-,32-31-. The van der Waals surface area contributed by atoms with Crippen LogP contribution in [0.2, 0.25) is 0 Å². The Hall–Kier alpha value is -2.37. The molecular formula is C64H118O6. The maximum absolute atomic E-state index is 12.9. The predicted octanol–water partition coefficient (Wildman–Crippen LogP) is 20.8. The molecule has 0 amide bonds. The fraction of sp³-hybridized carbons (Fsp3) is 0.859. The van der Waals surface area contributed by atoms with Crippen LogP contribution in [0.25, 0.3) is 0 Å². The normalized spacial score (nSPS) is 12.2. The molecule has 70 heavy (non-hydrogen) atoms. The molecule has 0 aliphatic heterocycles. The second kappa shape index (κ2) is 59.2. The molecule has 6 heteroatoms. The molecule has 0 aromatic heterocycles. The minimum Gasteiger partial charge on any atom is -0.462 e. The summed E-state index contributed by atoms with van der Waals surface area (Å²) in [4.78, 5) is 38.2. The monoisotopic (exact) mass is 983 g/mol. The van der Waals surface area contributed by atoms with Gasteiger partial charge in [-0.3, -0.25) is 14.4 Å². The molecule has 6 nitrogen and oxygen atoms in total. The van der Waals surface area contributed by atoms with Crippen LogP contribution in [0.15, 0.2) is 36.5 Å². The molecule has 1 unspecified atom stereocenters. The highest BCUT2D eigenvalue weighted by Gasteiger charge is 2.19. The minimum atomic E-state index is -0.769. The van der Waals surface area contributed by atoms with E-state index in [1.165, 1.54) is 225 Å². The number of hydrogen-bond donors (Lipinski definition) is 0. The van der Waals surface area contributed by atoms with Gasteiger partial charge in [-0.05, 0) is 57.8 Å². The number of hydrogen-bond acceptors (Lipinski definition) is 6. The smallest absolute Gasteiger partial charge is 0.306 e. The van der Waals surface area contributed by atoms with Crippen LogP contribution in [0.3, 0.4) is 0 Å². The first-order chi connectivity index (χ1) is 34.5. The summed E-state index contributed by atoms with van der Waals surface area (Å²) >= 11 is 0. The second-order valence-corrected chi connectivity index (χ2v) is 21.0. The van der Waals surface area contributed by atoms with E-state index in [0.29, 0.717) is 19.3 Å². The van der Waals surface area contributed by atoms with Gasteiger partial charge in [0.15, 0.2) is 6.10 Å². The molecule has 0 saturated carbocycles. The Morgan fingerprint density at radius 1 is 0.286 bits per heavy atom. The quantitative estimate of drug-likeness (QED) is 0.0261. The summed E-state index contributed by atoms with van der Waals surface area (Å²) in [6.45, 7) is 6.67. The Kier molecular flexibility index (Phi) is 57.2. The van der Waals surface area contributed by atoms with Crippen molar-refractivity contribution in [2.45, 2.75) is 341 Å². The molecule has 0 heterocycles. The molecule has 0 aliphatic carbocycles. The Morgan fingerprint density at radius 3 is 0.800 bits per heavy atom. The largest absolute Gasteiger partial charge is 0.462 e. The van der Waals surface area contributed by atoms with Crippen molar-refractivity contribution in [3.63, 3.8) is 0 Å². The SMILES string of the molecule is CCCCCCC/C=C\C/C=C\C/C=C\CCCCCCCCCCCCC(=O)OCC(COC(=O)CCCCCCCCCCCCCCC)OC(=O)CCCCCCCCCCCCCCCC. The zero-order chi connectivity index (χ0) is 50.7. The van der Waals surface area contributed by atoms with Crippen molar-refractivity contribution >= 4 is 17.9 Å². The lowest BCUT2D eigenvalue weighted by Crippen LogP contribution is -2.30. The first kappa shape index (κ1) is 67.6. The van der Waals surface area contributed by atoms with Gasteiger partial charge in [0, 0.05) is 19.3 Å². The van der Waals surface area contributed by atoms with Crippen LogP contribution >= 0.6 is 0 Å². The minimum absolute atomic E-state index is 0.0677. The molecule has 0 bridgehead atoms. The molecule has 410 valence electrons. The predicted molar refractivity (Wildman–Crippen MR) is 302 cm³/mol. The van der Waals surface area contributed by atoms with E-state index in [1.54, 1.807) is 0 Å². The van der Waals surface area contributed by atoms with Crippen molar-refractivity contribution < 1.29 is 28.6 Å². The lowest BCUT2D eigenvalue weighted by Gasteiger charge is -2.18. The van der Waals surface area contributed by atoms with Gasteiger partial charge < -0.3 is 14.2 Å². The summed E-state index contributed by atoms with van der Waals surface area (Å²) in [6, 6.07) is 0. The highest BCUT2D eigenvalue weighted by Crippen LogP contribution is 2.17. The summed E-state index contributed by atoms with van der Waals surface area (Å²) < 4.78 is 16.9. The second-order valence-electron chi connectivity index (χ2n) is 21.0. The van der Waals surface area contributed by atoms with Gasteiger partial charge in [-0.15, -0.1) is 0 Å². The lowest BCUT2D eigenvalue weighted by molar-refractivity contribution is -0.167. The Balaban J connectivity index is 4.24. The number of allylic oxidation sites excluding steroid dienone is 6. The zero-order valence-corrected chi connectivity index (χ0v) is 47.1. The van der Waals surface area contributed by atoms with Gasteiger partial charge in [-0.25, -0.2) is 0 Å². The summed E-state index contributed by atoms with van der Waals surface area (Å²) in [7, 11) is 0. The number of carbonyl (C=O) groups excluding carboxylic acids is 3. The van der Waals surface area contributed by atoms with Gasteiger partial charge in [0.1, 0.15) is 13.2 Å². The molecule has 0 aliphatic rings. The van der Waals surface area contributed by atoms with Gasteiger partial charge in [0.25, 0.3) is 0 Å². The number of ether oxygens (including phenoxy) is 3. The maximum atomic E-state index is 12.9. The Labute approximate surface area is 435 Å². The molecule has 1 atom stereocenters. The van der Waals surface area contributed by atoms with Crippen molar-refractivity contribution in [2.75, 3.05) is 13.2 Å². The van der Waals surface area contributed by atoms with Crippen molar-refractivity contribution in [1.29, 1.82) is 0 Å². The van der Waals surface area contributed by atoms with Gasteiger partial charge in [0.2, 0.25) is 0 Å². The van der Waals surface area contributed by atoms with Gasteiger partial charge in [-0.2, -0.15) is 0 Å². The first-order valence-electron chi connectivity index (χ1n) is 31.0. The molecule has 0 rings (SSSR count). The van der Waals surface area contributed by atoms with Crippen LogP contribution in [-0.2, 0) is 28.6 Å². The van der Waals surface area contributed by atoms with Crippen LogP contribution in [0.4, 0.5) is 0 Å². The third kappa shape index (κ3) is 56.5. The fourth-order valence-corrected chi connectivity index (χ4v) is 9.22. The van der Waals surface area contributed by atoms with Crippen LogP contribution in [0, 0.1) is 0 Å². The summed E-state index contributed by atoms with van der Waals surface area (Å²) in [5.74, 6) is -0.850. The third-order valence-corrected chi connectivity index (χ3v) is 13.9. The van der Waals surface area contributed by atoms with E-state index in [1.807, 2.05) is 0 Å². The van der Waals surface area contributed by atoms with E-state index >= 15 is 0 Å². The van der Waals surface area contributed by atoms with E-state index in [-0.39, 0.29) is 31.1 Å². The number of carbonyl (C=O) groups is 3. The highest BCUT2D eigenvalue weighted by atomic mass is 16.6. The number of unbranched alkanes of at least 4 members (excludes halogenated alkanes) is 40. The first-order valence-corrected chi connectivity index (χ1v) is 31.0. The molecule has 0 fully saturated rings. The van der Waals surface area contributed by atoms with Gasteiger partial charge in [0.05, 0.1) is 0 Å². The molecule has 0 aromatic rings. The Morgan fingerprint density at radius 2 is 0.514 bits per heavy atom. The fourth-order valence-electron chi connectivity index (χ4n) is 9.22. The van der Waals surface area contributed by atoms with E-state index in [0.717, 1.165) is 70.6 Å². The maximum Gasteiger partial charge on any atom is 0.306 e. The van der Waals surface area contributed by atoms with Crippen LogP contribution < -0.4 is 0 Å². The van der Waals surface area contributed by atoms with Gasteiger partial charge in [-0.1, -0.05) is 295 Å². The zero-order valence-electron chi connectivity index (χ0n) is 47.1. The van der Waals surface area contributed by atoms with Gasteiger partial charge >= 0.3 is 17.9 Å². The summed E-state index contributed by atoms with van der Waals surface area (Å²) in [5, 5.41) is 0. The molecule has 0 aromatic carbocycles. The molecule has 0 N–H and O–H groups in total. The molecule has 0 spiro atoms. The highest BCUT2D eigenvalue weighted by molar-refractivity contribution is 5.71. The van der Waals surface area contributed by atoms with Crippen LogP contribution in [0.1, 0.15) is 335 Å². The van der Waals surface area contributed by atoms with Crippen LogP contribution in [-0.4, -0.2) is 37.2 Å². The molecular weight excluding hydrogens is 865 g/mol. The van der Waals surface area contributed by atoms with E-state index in [4.69, 9.17) is 14.2 Å². The third-order valence-electron chi connectivity index (χ3n) is 13.9. The Bertz CT molecular complexity index is 1170. The van der Waals surface area contributed by atoms with Crippen LogP contribution in [0.5, 0.6) is 0 Å². The summed E-state index contributed by atoms with van der Waals surface area (Å²) in [5.41, 5.74) is 0. The molecule has 0 saturated heterocycles. The average molecular weight is 984 g/mol. The van der Waals surface area contributed by atoms with Crippen molar-refractivity contribution in [2.24, 2.45) is 0 Å².